The second kappa shape index (κ2) is 11.9. The number of nitrogens with two attached hydrogens (primary N) is 1. The predicted octanol–water partition coefficient (Wildman–Crippen LogP) is 0.908. The number of halogens is 1. The van der Waals surface area contributed by atoms with E-state index in [0.717, 1.165) is 13.0 Å². The first-order valence-electron chi connectivity index (χ1n) is 2.97. The van der Waals surface area contributed by atoms with Gasteiger partial charge in [-0.05, 0) is 18.6 Å². The van der Waals surface area contributed by atoms with Crippen LogP contribution in [0.25, 0.3) is 0 Å². The summed E-state index contributed by atoms with van der Waals surface area (Å²) < 4.78 is 6.81. The molecule has 0 radical (unpaired) electrons. The second-order valence-corrected chi connectivity index (χ2v) is 2.08. The van der Waals surface area contributed by atoms with Crippen LogP contribution in [-0.4, -0.2) is 15.9 Å². The Labute approximate surface area is 75.4 Å². The predicted molar refractivity (Wildman–Crippen MR) is 50.8 cm³/mol. The van der Waals surface area contributed by atoms with E-state index >= 15 is 0 Å². The summed E-state index contributed by atoms with van der Waals surface area (Å²) in [5.41, 5.74) is 5.15. The molecular formula is C5H13BrN2OS. The molecule has 0 bridgehead atoms. The van der Waals surface area contributed by atoms with Crippen LogP contribution in [0.4, 0.5) is 0 Å². The minimum atomic E-state index is 0.401. The van der Waals surface area contributed by atoms with Gasteiger partial charge < -0.3 is 15.2 Å². The van der Waals surface area contributed by atoms with E-state index in [4.69, 9.17) is 9.93 Å². The van der Waals surface area contributed by atoms with Gasteiger partial charge in [0.1, 0.15) is 0 Å². The molecule has 0 aliphatic carbocycles. The first-order valence-corrected chi connectivity index (χ1v) is 4.09. The third kappa shape index (κ3) is 15.7. The maximum absolute atomic E-state index is 6.81. The lowest BCUT2D eigenvalue weighted by atomic mass is 10.3. The van der Waals surface area contributed by atoms with Crippen molar-refractivity contribution in [2.45, 2.75) is 19.8 Å². The molecule has 0 unspecified atom stereocenters. The number of hydrogen-bond acceptors (Lipinski definition) is 2. The van der Waals surface area contributed by atoms with E-state index in [-0.39, 0.29) is 0 Å². The molecule has 0 aromatic heterocycles. The van der Waals surface area contributed by atoms with Crippen molar-refractivity contribution in [3.05, 3.63) is 0 Å². The van der Waals surface area contributed by atoms with E-state index in [0.29, 0.717) is 5.11 Å². The van der Waals surface area contributed by atoms with Gasteiger partial charge in [-0.15, -0.1) is 0 Å². The number of thiocarbonyl (C=S) groups is 1. The van der Waals surface area contributed by atoms with Crippen LogP contribution in [0, 0.1) is 0 Å². The van der Waals surface area contributed by atoms with E-state index in [2.05, 4.69) is 24.5 Å². The second-order valence-electron chi connectivity index (χ2n) is 1.64. The Balaban J connectivity index is 0. The molecule has 0 saturated heterocycles. The molecule has 0 saturated carbocycles. The lowest BCUT2D eigenvalue weighted by molar-refractivity contribution is 0.702. The zero-order valence-electron chi connectivity index (χ0n) is 5.93. The summed E-state index contributed by atoms with van der Waals surface area (Å²) in [4.78, 5) is 0. The Morgan fingerprint density at radius 3 is 2.50 bits per heavy atom. The molecule has 0 aliphatic rings. The number of rotatable bonds is 3. The first-order chi connectivity index (χ1) is 4.77. The van der Waals surface area contributed by atoms with Gasteiger partial charge in [0.15, 0.2) is 5.11 Å². The summed E-state index contributed by atoms with van der Waals surface area (Å²) in [6, 6.07) is 0. The minimum absolute atomic E-state index is 0.401. The summed E-state index contributed by atoms with van der Waals surface area (Å²) in [5.74, 6) is 0. The molecule has 0 aromatic rings. The van der Waals surface area contributed by atoms with Gasteiger partial charge in [0.25, 0.3) is 0 Å². The van der Waals surface area contributed by atoms with Crippen molar-refractivity contribution in [1.82, 2.24) is 5.32 Å². The fraction of sp³-hybridized carbons (Fsp3) is 0.800. The van der Waals surface area contributed by atoms with E-state index in [1.807, 2.05) is 16.3 Å². The molecule has 5 heteroatoms. The Kier molecular flexibility index (Phi) is 15.2. The Hall–Kier alpha value is 0.130. The summed E-state index contributed by atoms with van der Waals surface area (Å²) in [7, 11) is 0. The van der Waals surface area contributed by atoms with Gasteiger partial charge in [-0.25, -0.2) is 0 Å². The van der Waals surface area contributed by atoms with Crippen LogP contribution < -0.4 is 11.1 Å². The van der Waals surface area contributed by atoms with E-state index < -0.39 is 0 Å². The van der Waals surface area contributed by atoms with Crippen LogP contribution in [0.1, 0.15) is 19.8 Å². The average Bonchev–Trinajstić information content (AvgIpc) is 1.92. The molecule has 0 aliphatic heterocycles. The smallest absolute Gasteiger partial charge is 0.163 e. The van der Waals surface area contributed by atoms with Crippen LogP contribution in [0.3, 0.4) is 0 Å². The van der Waals surface area contributed by atoms with Gasteiger partial charge in [-0.2, -0.15) is 0 Å². The van der Waals surface area contributed by atoms with E-state index in [1.54, 1.807) is 0 Å². The standard InChI is InChI=1S/C5H12N2S.BrHO/c1-2-3-4-7-5(6)8;1-2/h2-4H2,1H3,(H3,6,7,8);2H. The maximum Gasteiger partial charge on any atom is 0.163 e. The number of unbranched alkanes of at least 4 members (excludes halogenated alkanes) is 1. The van der Waals surface area contributed by atoms with Crippen LogP contribution in [0.5, 0.6) is 0 Å². The van der Waals surface area contributed by atoms with Crippen LogP contribution in [0.2, 0.25) is 0 Å². The first kappa shape index (κ1) is 12.8. The topological polar surface area (TPSA) is 58.3 Å². The quantitative estimate of drug-likeness (QED) is 0.497. The van der Waals surface area contributed by atoms with Crippen molar-refractivity contribution >= 4 is 33.6 Å². The van der Waals surface area contributed by atoms with E-state index in [9.17, 15) is 0 Å². The molecule has 0 fully saturated rings. The lowest BCUT2D eigenvalue weighted by Gasteiger charge is -1.98. The van der Waals surface area contributed by atoms with Crippen molar-refractivity contribution in [3.8, 4) is 0 Å². The van der Waals surface area contributed by atoms with Crippen molar-refractivity contribution < 1.29 is 4.20 Å². The Morgan fingerprint density at radius 1 is 1.70 bits per heavy atom. The maximum atomic E-state index is 6.81. The largest absolute Gasteiger partial charge is 0.376 e. The Bertz CT molecular complexity index is 82.0. The molecule has 3 nitrogen and oxygen atoms in total. The third-order valence-electron chi connectivity index (χ3n) is 0.830. The van der Waals surface area contributed by atoms with Gasteiger partial charge in [-0.1, -0.05) is 13.3 Å². The minimum Gasteiger partial charge on any atom is -0.376 e. The molecule has 0 atom stereocenters. The fourth-order valence-corrected chi connectivity index (χ4v) is 0.490. The highest BCUT2D eigenvalue weighted by Gasteiger charge is 1.82. The molecule has 0 aromatic carbocycles. The molecule has 4 N–H and O–H groups in total. The monoisotopic (exact) mass is 228 g/mol. The van der Waals surface area contributed by atoms with Gasteiger partial charge >= 0.3 is 0 Å². The molecule has 62 valence electrons. The molecule has 0 rings (SSSR count). The number of hydrogen-bond donors (Lipinski definition) is 3. The third-order valence-corrected chi connectivity index (χ3v) is 0.974. The normalized spacial score (nSPS) is 7.50. The van der Waals surface area contributed by atoms with Crippen LogP contribution in [-0.2, 0) is 0 Å². The highest BCUT2D eigenvalue weighted by Crippen LogP contribution is 1.80. The highest BCUT2D eigenvalue weighted by atomic mass is 79.9. The van der Waals surface area contributed by atoms with Crippen LogP contribution in [0.15, 0.2) is 0 Å². The summed E-state index contributed by atoms with van der Waals surface area (Å²) >= 11 is 6.51. The molecule has 0 heterocycles. The van der Waals surface area contributed by atoms with Crippen molar-refractivity contribution in [3.63, 3.8) is 0 Å². The molecular weight excluding hydrogens is 216 g/mol. The Morgan fingerprint density at radius 2 is 2.20 bits per heavy atom. The molecule has 0 amide bonds. The summed E-state index contributed by atoms with van der Waals surface area (Å²) in [6.07, 6.45) is 2.31. The van der Waals surface area contributed by atoms with E-state index in [1.165, 1.54) is 6.42 Å². The highest BCUT2D eigenvalue weighted by molar-refractivity contribution is 9.05. The lowest BCUT2D eigenvalue weighted by Crippen LogP contribution is -2.29. The van der Waals surface area contributed by atoms with Crippen molar-refractivity contribution in [2.75, 3.05) is 6.54 Å². The van der Waals surface area contributed by atoms with Gasteiger partial charge in [0.05, 0.1) is 16.3 Å². The summed E-state index contributed by atoms with van der Waals surface area (Å²) in [5, 5.41) is 3.26. The van der Waals surface area contributed by atoms with Crippen LogP contribution >= 0.6 is 28.5 Å². The van der Waals surface area contributed by atoms with Gasteiger partial charge in [0.2, 0.25) is 0 Å². The molecule has 10 heavy (non-hydrogen) atoms. The van der Waals surface area contributed by atoms with Gasteiger partial charge in [0, 0.05) is 6.54 Å². The van der Waals surface area contributed by atoms with Gasteiger partial charge in [-0.3, -0.25) is 0 Å². The zero-order valence-corrected chi connectivity index (χ0v) is 8.33. The summed E-state index contributed by atoms with van der Waals surface area (Å²) in [6.45, 7) is 3.03. The van der Waals surface area contributed by atoms with Crippen molar-refractivity contribution in [1.29, 1.82) is 0 Å². The average molecular weight is 229 g/mol. The zero-order chi connectivity index (χ0) is 8.41. The fourth-order valence-electron chi connectivity index (χ4n) is 0.388. The number of nitrogens with one attached hydrogen (secondary N) is 1. The SMILES string of the molecule is CCCCNC(N)=S.OBr. The van der Waals surface area contributed by atoms with Crippen molar-refractivity contribution in [2.24, 2.45) is 5.73 Å². The molecule has 0 spiro atoms.